The number of unbranched alkanes of at least 4 members (excludes halogenated alkanes) is 7. The second-order valence-electron chi connectivity index (χ2n) is 17.6. The van der Waals surface area contributed by atoms with Crippen molar-refractivity contribution < 1.29 is 38.7 Å². The lowest BCUT2D eigenvalue weighted by Crippen LogP contribution is -2.57. The van der Waals surface area contributed by atoms with E-state index in [1.165, 1.54) is 4.90 Å². The Morgan fingerprint density at radius 1 is 0.935 bits per heavy atom. The van der Waals surface area contributed by atoms with Crippen molar-refractivity contribution in [2.75, 3.05) is 18.4 Å². The Bertz CT molecular complexity index is 2150. The Labute approximate surface area is 366 Å². The molecule has 1 aromatic heterocycles. The number of β-amino-alcohol motifs (C(OH)–C–C–N with tert-alkyl or cyclic N) is 1. The number of amides is 7. The predicted octanol–water partition coefficient (Wildman–Crippen LogP) is 5.25. The molecule has 0 spiro atoms. The number of carbonyl (C=O) groups is 7. The van der Waals surface area contributed by atoms with Crippen molar-refractivity contribution in [3.8, 4) is 10.4 Å². The molecule has 3 aliphatic rings. The lowest BCUT2D eigenvalue weighted by molar-refractivity contribution is -0.144. The number of aliphatic hydroxyl groups is 1. The van der Waals surface area contributed by atoms with E-state index >= 15 is 0 Å². The second-order valence-corrected chi connectivity index (χ2v) is 18.5. The summed E-state index contributed by atoms with van der Waals surface area (Å²) in [6, 6.07) is 10.2. The minimum absolute atomic E-state index is 0.0177. The molecule has 332 valence electrons. The monoisotopic (exact) mass is 869 g/mol. The van der Waals surface area contributed by atoms with Gasteiger partial charge in [-0.05, 0) is 54.9 Å². The van der Waals surface area contributed by atoms with Gasteiger partial charge >= 0.3 is 0 Å². The lowest BCUT2D eigenvalue weighted by atomic mass is 9.85. The summed E-state index contributed by atoms with van der Waals surface area (Å²) < 4.78 is 0. The van der Waals surface area contributed by atoms with Crippen LogP contribution in [0.4, 0.5) is 5.69 Å². The van der Waals surface area contributed by atoms with E-state index in [-0.39, 0.29) is 67.6 Å². The number of anilines is 1. The molecule has 3 aromatic rings. The van der Waals surface area contributed by atoms with E-state index in [1.807, 2.05) is 57.5 Å². The highest BCUT2D eigenvalue weighted by Crippen LogP contribution is 2.33. The number of fused-ring (bicyclic) bond motifs is 1. The smallest absolute Gasteiger partial charge is 0.264 e. The van der Waals surface area contributed by atoms with Crippen molar-refractivity contribution in [2.24, 2.45) is 5.41 Å². The molecular formula is C46H59N7O8S. The first-order chi connectivity index (χ1) is 29.6. The third kappa shape index (κ3) is 11.1. The number of imide groups is 2. The fraction of sp³-hybridized carbons (Fsp3) is 0.522. The number of thiazole rings is 1. The maximum atomic E-state index is 14.0. The summed E-state index contributed by atoms with van der Waals surface area (Å²) in [5.41, 5.74) is 5.17. The number of aliphatic hydroxyl groups excluding tert-OH is 1. The molecule has 62 heavy (non-hydrogen) atoms. The van der Waals surface area contributed by atoms with Gasteiger partial charge in [-0.1, -0.05) is 89.6 Å². The second kappa shape index (κ2) is 20.6. The van der Waals surface area contributed by atoms with E-state index in [0.717, 1.165) is 71.5 Å². The molecule has 0 bridgehead atoms. The summed E-state index contributed by atoms with van der Waals surface area (Å²) in [4.78, 5) is 98.7. The molecular weight excluding hydrogens is 811 g/mol. The van der Waals surface area contributed by atoms with Crippen LogP contribution in [-0.4, -0.2) is 98.6 Å². The number of nitrogens with zero attached hydrogens (tertiary/aromatic N) is 3. The van der Waals surface area contributed by atoms with Crippen LogP contribution in [-0.2, 0) is 30.5 Å². The first-order valence-corrected chi connectivity index (χ1v) is 22.7. The van der Waals surface area contributed by atoms with Gasteiger partial charge in [-0.3, -0.25) is 43.8 Å². The molecule has 4 atom stereocenters. The molecule has 7 amide bonds. The van der Waals surface area contributed by atoms with Crippen LogP contribution in [0.15, 0.2) is 48.0 Å². The van der Waals surface area contributed by atoms with Crippen molar-refractivity contribution in [1.82, 2.24) is 30.7 Å². The summed E-state index contributed by atoms with van der Waals surface area (Å²) in [6.07, 6.45) is 7.19. The van der Waals surface area contributed by atoms with Crippen molar-refractivity contribution in [3.05, 3.63) is 70.4 Å². The summed E-state index contributed by atoms with van der Waals surface area (Å²) >= 11 is 1.57. The lowest BCUT2D eigenvalue weighted by Gasteiger charge is -2.35. The van der Waals surface area contributed by atoms with Crippen molar-refractivity contribution in [3.63, 3.8) is 0 Å². The van der Waals surface area contributed by atoms with Gasteiger partial charge in [-0.2, -0.15) is 0 Å². The molecule has 16 heteroatoms. The van der Waals surface area contributed by atoms with Crippen LogP contribution in [0, 0.1) is 12.3 Å². The maximum absolute atomic E-state index is 14.0. The third-order valence-electron chi connectivity index (χ3n) is 11.8. The molecule has 5 N–H and O–H groups in total. The zero-order chi connectivity index (χ0) is 44.6. The summed E-state index contributed by atoms with van der Waals surface area (Å²) in [6.45, 7) is 8.50. The van der Waals surface area contributed by atoms with Gasteiger partial charge in [0.1, 0.15) is 18.1 Å². The van der Waals surface area contributed by atoms with Crippen molar-refractivity contribution in [2.45, 2.75) is 136 Å². The predicted molar refractivity (Wildman–Crippen MR) is 235 cm³/mol. The van der Waals surface area contributed by atoms with E-state index in [2.05, 4.69) is 26.3 Å². The Kier molecular flexibility index (Phi) is 15.3. The number of nitrogens with one attached hydrogen (secondary N) is 4. The number of hydrogen-bond acceptors (Lipinski definition) is 11. The number of aryl methyl sites for hydroxylation is 1. The largest absolute Gasteiger partial charge is 0.391 e. The molecule has 0 aliphatic carbocycles. The number of piperidine rings is 1. The number of hydrogen-bond donors (Lipinski definition) is 5. The number of carbonyl (C=O) groups excluding carboxylic acids is 7. The molecule has 0 saturated carbocycles. The highest BCUT2D eigenvalue weighted by molar-refractivity contribution is 7.13. The van der Waals surface area contributed by atoms with Gasteiger partial charge in [0.25, 0.3) is 11.8 Å². The first kappa shape index (κ1) is 46.0. The molecule has 2 fully saturated rings. The van der Waals surface area contributed by atoms with Gasteiger partial charge in [-0.25, -0.2) is 4.98 Å². The van der Waals surface area contributed by atoms with Crippen LogP contribution in [0.25, 0.3) is 10.4 Å². The Hall–Kier alpha value is -5.48. The van der Waals surface area contributed by atoms with Gasteiger partial charge in [-0.15, -0.1) is 11.3 Å². The average molecular weight is 870 g/mol. The minimum Gasteiger partial charge on any atom is -0.391 e. The van der Waals surface area contributed by atoms with Gasteiger partial charge in [0.2, 0.25) is 29.5 Å². The number of benzene rings is 2. The van der Waals surface area contributed by atoms with Crippen molar-refractivity contribution in [1.29, 1.82) is 0 Å². The molecule has 3 aliphatic heterocycles. The molecule has 1 unspecified atom stereocenters. The van der Waals surface area contributed by atoms with E-state index in [1.54, 1.807) is 29.5 Å². The maximum Gasteiger partial charge on any atom is 0.264 e. The van der Waals surface area contributed by atoms with E-state index < -0.39 is 53.3 Å². The Balaban J connectivity index is 0.867. The fourth-order valence-corrected chi connectivity index (χ4v) is 9.18. The van der Waals surface area contributed by atoms with Gasteiger partial charge in [0.05, 0.1) is 33.3 Å². The van der Waals surface area contributed by atoms with E-state index in [9.17, 15) is 38.7 Å². The van der Waals surface area contributed by atoms with Crippen LogP contribution < -0.4 is 21.3 Å². The minimum atomic E-state index is -1.00. The van der Waals surface area contributed by atoms with Gasteiger partial charge in [0.15, 0.2) is 0 Å². The van der Waals surface area contributed by atoms with E-state index in [0.29, 0.717) is 18.7 Å². The van der Waals surface area contributed by atoms with Crippen LogP contribution >= 0.6 is 11.3 Å². The quantitative estimate of drug-likeness (QED) is 0.0781. The molecule has 6 rings (SSSR count). The topological polar surface area (TPSA) is 207 Å². The highest BCUT2D eigenvalue weighted by atomic mass is 32.1. The van der Waals surface area contributed by atoms with Crippen LogP contribution in [0.5, 0.6) is 0 Å². The summed E-state index contributed by atoms with van der Waals surface area (Å²) in [5.74, 6) is -3.05. The van der Waals surface area contributed by atoms with Crippen molar-refractivity contribution >= 4 is 58.4 Å². The SMILES string of the molecule is Cc1ncsc1-c1ccc(CNC(=O)[C@@H]2C[C@@H](O)CN2C(=O)[C@@H](NC(=O)CCCCCCCCCCNc2cccc3c2C(=O)N(C2CCC(=O)NC2=O)C3=O)C(C)(C)C)cc1. The van der Waals surface area contributed by atoms with Gasteiger partial charge < -0.3 is 26.0 Å². The zero-order valence-corrected chi connectivity index (χ0v) is 36.9. The molecule has 4 heterocycles. The van der Waals surface area contributed by atoms with Crippen LogP contribution in [0.3, 0.4) is 0 Å². The zero-order valence-electron chi connectivity index (χ0n) is 36.1. The first-order valence-electron chi connectivity index (χ1n) is 21.8. The van der Waals surface area contributed by atoms with Gasteiger partial charge in [0, 0.05) is 44.6 Å². The third-order valence-corrected chi connectivity index (χ3v) is 12.8. The molecule has 2 saturated heterocycles. The average Bonchev–Trinajstić information content (AvgIpc) is 3.92. The molecule has 15 nitrogen and oxygen atoms in total. The molecule has 0 radical (unpaired) electrons. The Morgan fingerprint density at radius 2 is 1.63 bits per heavy atom. The van der Waals surface area contributed by atoms with Crippen LogP contribution in [0.1, 0.15) is 130 Å². The number of likely N-dealkylation sites (tertiary alicyclic amines) is 1. The standard InChI is InChI=1S/C46H59N7O8S/c1-28-39(62-27-49-28)30-19-17-29(18-20-30)25-48-41(57)35-24-31(54)26-52(35)45(61)40(46(2,3)4)50-36(55)16-11-9-7-5-6-8-10-12-23-47-33-15-13-14-32-38(33)44(60)53(43(32)59)34-21-22-37(56)51-42(34)58/h13-15,17-20,27,31,34-35,40,47,54H,5-12,16,21-26H2,1-4H3,(H,48,57)(H,50,55)(H,51,56,58)/t31-,34?,35+,40-/m1/s1. The van der Waals surface area contributed by atoms with Crippen LogP contribution in [0.2, 0.25) is 0 Å². The fourth-order valence-electron chi connectivity index (χ4n) is 8.37. The highest BCUT2D eigenvalue weighted by Gasteiger charge is 2.46. The summed E-state index contributed by atoms with van der Waals surface area (Å²) in [5, 5.41) is 22.0. The number of rotatable bonds is 19. The summed E-state index contributed by atoms with van der Waals surface area (Å²) in [7, 11) is 0. The Morgan fingerprint density at radius 3 is 2.29 bits per heavy atom. The van der Waals surface area contributed by atoms with E-state index in [4.69, 9.17) is 0 Å². The molecule has 2 aromatic carbocycles. The number of aromatic nitrogens is 1. The normalized spacial score (nSPS) is 19.3.